The van der Waals surface area contributed by atoms with E-state index in [0.29, 0.717) is 25.9 Å². The monoisotopic (exact) mass is 273 g/mol. The highest BCUT2D eigenvalue weighted by Gasteiger charge is 2.21. The van der Waals surface area contributed by atoms with Crippen molar-refractivity contribution in [3.05, 3.63) is 29.3 Å². The van der Waals surface area contributed by atoms with Gasteiger partial charge in [0.15, 0.2) is 6.61 Å². The van der Waals surface area contributed by atoms with E-state index in [1.54, 1.807) is 4.90 Å². The summed E-state index contributed by atoms with van der Waals surface area (Å²) < 4.78 is 5.60. The van der Waals surface area contributed by atoms with Crippen LogP contribution in [-0.4, -0.2) is 36.3 Å². The van der Waals surface area contributed by atoms with Crippen LogP contribution in [0.15, 0.2) is 18.2 Å². The molecule has 4 nitrogen and oxygen atoms in total. The SMILES string of the molecule is O=C1CCN(C(=O)COc2ccc3c(c2)CCC3)CC1. The molecular weight excluding hydrogens is 254 g/mol. The van der Waals surface area contributed by atoms with E-state index in [2.05, 4.69) is 12.1 Å². The fraction of sp³-hybridized carbons (Fsp3) is 0.500. The molecule has 2 aliphatic rings. The van der Waals surface area contributed by atoms with Gasteiger partial charge in [-0.05, 0) is 42.5 Å². The van der Waals surface area contributed by atoms with Gasteiger partial charge in [0.2, 0.25) is 0 Å². The molecular formula is C16H19NO3. The number of aryl methyl sites for hydroxylation is 2. The van der Waals surface area contributed by atoms with Crippen LogP contribution in [0, 0.1) is 0 Å². The number of carbonyl (C=O) groups excluding carboxylic acids is 2. The van der Waals surface area contributed by atoms with Crippen LogP contribution >= 0.6 is 0 Å². The number of nitrogens with zero attached hydrogens (tertiary/aromatic N) is 1. The van der Waals surface area contributed by atoms with Gasteiger partial charge in [-0.25, -0.2) is 0 Å². The molecule has 0 N–H and O–H groups in total. The molecule has 1 aromatic carbocycles. The summed E-state index contributed by atoms with van der Waals surface area (Å²) >= 11 is 0. The minimum Gasteiger partial charge on any atom is -0.484 e. The van der Waals surface area contributed by atoms with E-state index in [9.17, 15) is 9.59 Å². The molecule has 0 radical (unpaired) electrons. The van der Waals surface area contributed by atoms with Gasteiger partial charge in [-0.2, -0.15) is 0 Å². The first kappa shape index (κ1) is 13.2. The van der Waals surface area contributed by atoms with Crippen molar-refractivity contribution in [1.82, 2.24) is 4.90 Å². The van der Waals surface area contributed by atoms with Gasteiger partial charge in [-0.1, -0.05) is 6.07 Å². The Labute approximate surface area is 118 Å². The fourth-order valence-electron chi connectivity index (χ4n) is 2.88. The largest absolute Gasteiger partial charge is 0.484 e. The van der Waals surface area contributed by atoms with Gasteiger partial charge < -0.3 is 9.64 Å². The summed E-state index contributed by atoms with van der Waals surface area (Å²) in [5.74, 6) is 0.985. The average molecular weight is 273 g/mol. The maximum Gasteiger partial charge on any atom is 0.260 e. The number of ether oxygens (including phenoxy) is 1. The number of ketones is 1. The predicted molar refractivity (Wildman–Crippen MR) is 74.8 cm³/mol. The Kier molecular flexibility index (Phi) is 3.72. The zero-order valence-electron chi connectivity index (χ0n) is 11.6. The van der Waals surface area contributed by atoms with Crippen molar-refractivity contribution in [3.8, 4) is 5.75 Å². The van der Waals surface area contributed by atoms with Crippen LogP contribution in [0.3, 0.4) is 0 Å². The van der Waals surface area contributed by atoms with E-state index in [-0.39, 0.29) is 18.3 Å². The van der Waals surface area contributed by atoms with Crippen LogP contribution in [0.25, 0.3) is 0 Å². The quantitative estimate of drug-likeness (QED) is 0.843. The number of Topliss-reactive ketones (excluding diaryl/α,β-unsaturated/α-hetero) is 1. The van der Waals surface area contributed by atoms with E-state index in [4.69, 9.17) is 4.74 Å². The number of piperidine rings is 1. The number of likely N-dealkylation sites (tertiary alicyclic amines) is 1. The number of hydrogen-bond acceptors (Lipinski definition) is 3. The van der Waals surface area contributed by atoms with E-state index in [0.717, 1.165) is 18.6 Å². The second-order valence-corrected chi connectivity index (χ2v) is 5.49. The zero-order chi connectivity index (χ0) is 13.9. The zero-order valence-corrected chi connectivity index (χ0v) is 11.6. The van der Waals surface area contributed by atoms with Gasteiger partial charge in [0, 0.05) is 25.9 Å². The third-order valence-electron chi connectivity index (χ3n) is 4.11. The van der Waals surface area contributed by atoms with E-state index in [1.807, 2.05) is 6.07 Å². The molecule has 3 rings (SSSR count). The molecule has 20 heavy (non-hydrogen) atoms. The number of hydrogen-bond donors (Lipinski definition) is 0. The van der Waals surface area contributed by atoms with Crippen molar-refractivity contribution in [2.24, 2.45) is 0 Å². The lowest BCUT2D eigenvalue weighted by atomic mass is 10.1. The smallest absolute Gasteiger partial charge is 0.260 e. The van der Waals surface area contributed by atoms with Crippen LogP contribution in [0.5, 0.6) is 5.75 Å². The summed E-state index contributed by atoms with van der Waals surface area (Å²) in [7, 11) is 0. The second kappa shape index (κ2) is 5.65. The van der Waals surface area contributed by atoms with Crippen LogP contribution in [0.1, 0.15) is 30.4 Å². The Bertz CT molecular complexity index is 529. The van der Waals surface area contributed by atoms with Crippen molar-refractivity contribution in [1.29, 1.82) is 0 Å². The molecule has 0 aromatic heterocycles. The molecule has 0 spiro atoms. The third kappa shape index (κ3) is 2.84. The Morgan fingerprint density at radius 2 is 1.85 bits per heavy atom. The lowest BCUT2D eigenvalue weighted by molar-refractivity contribution is -0.136. The molecule has 1 saturated heterocycles. The van der Waals surface area contributed by atoms with Crippen molar-refractivity contribution in [2.45, 2.75) is 32.1 Å². The van der Waals surface area contributed by atoms with Crippen molar-refractivity contribution in [2.75, 3.05) is 19.7 Å². The predicted octanol–water partition coefficient (Wildman–Crippen LogP) is 1.75. The molecule has 1 fully saturated rings. The van der Waals surface area contributed by atoms with E-state index >= 15 is 0 Å². The van der Waals surface area contributed by atoms with E-state index in [1.165, 1.54) is 17.5 Å². The Morgan fingerprint density at radius 3 is 2.65 bits per heavy atom. The van der Waals surface area contributed by atoms with Gasteiger partial charge in [0.05, 0.1) is 0 Å². The molecule has 1 aliphatic heterocycles. The van der Waals surface area contributed by atoms with Crippen LogP contribution in [0.2, 0.25) is 0 Å². The molecule has 0 bridgehead atoms. The third-order valence-corrected chi connectivity index (χ3v) is 4.11. The minimum atomic E-state index is -0.0296. The topological polar surface area (TPSA) is 46.6 Å². The normalized spacial score (nSPS) is 18.0. The first-order chi connectivity index (χ1) is 9.72. The molecule has 106 valence electrons. The number of rotatable bonds is 3. The van der Waals surface area contributed by atoms with Crippen molar-refractivity contribution >= 4 is 11.7 Å². The lowest BCUT2D eigenvalue weighted by Gasteiger charge is -2.25. The van der Waals surface area contributed by atoms with Gasteiger partial charge in [-0.15, -0.1) is 0 Å². The van der Waals surface area contributed by atoms with Crippen LogP contribution in [0.4, 0.5) is 0 Å². The van der Waals surface area contributed by atoms with Crippen molar-refractivity contribution < 1.29 is 14.3 Å². The van der Waals surface area contributed by atoms with Gasteiger partial charge in [0.1, 0.15) is 11.5 Å². The summed E-state index contributed by atoms with van der Waals surface area (Å²) in [5, 5.41) is 0. The minimum absolute atomic E-state index is 0.0296. The Morgan fingerprint density at radius 1 is 1.10 bits per heavy atom. The van der Waals surface area contributed by atoms with E-state index < -0.39 is 0 Å². The summed E-state index contributed by atoms with van der Waals surface area (Å²) in [6.07, 6.45) is 4.42. The maximum absolute atomic E-state index is 12.0. The summed E-state index contributed by atoms with van der Waals surface area (Å²) in [6.45, 7) is 1.13. The number of benzene rings is 1. The second-order valence-electron chi connectivity index (χ2n) is 5.49. The Balaban J connectivity index is 1.54. The molecule has 1 amide bonds. The summed E-state index contributed by atoms with van der Waals surface area (Å²) in [5.41, 5.74) is 2.75. The summed E-state index contributed by atoms with van der Waals surface area (Å²) in [6, 6.07) is 6.09. The van der Waals surface area contributed by atoms with Gasteiger partial charge >= 0.3 is 0 Å². The number of amides is 1. The molecule has 0 unspecified atom stereocenters. The first-order valence-electron chi connectivity index (χ1n) is 7.26. The summed E-state index contributed by atoms with van der Waals surface area (Å²) in [4.78, 5) is 24.9. The van der Waals surface area contributed by atoms with Gasteiger partial charge in [0.25, 0.3) is 5.91 Å². The number of carbonyl (C=O) groups is 2. The highest BCUT2D eigenvalue weighted by atomic mass is 16.5. The molecule has 1 aromatic rings. The molecule has 4 heteroatoms. The molecule has 1 heterocycles. The lowest BCUT2D eigenvalue weighted by Crippen LogP contribution is -2.41. The van der Waals surface area contributed by atoms with Crippen molar-refractivity contribution in [3.63, 3.8) is 0 Å². The molecule has 0 atom stereocenters. The standard InChI is InChI=1S/C16H19NO3/c18-14-6-8-17(9-7-14)16(19)11-20-15-5-4-12-2-1-3-13(12)10-15/h4-5,10H,1-3,6-9,11H2. The van der Waals surface area contributed by atoms with Crippen LogP contribution < -0.4 is 4.74 Å². The first-order valence-corrected chi connectivity index (χ1v) is 7.26. The highest BCUT2D eigenvalue weighted by molar-refractivity contribution is 5.84. The molecule has 0 saturated carbocycles. The highest BCUT2D eigenvalue weighted by Crippen LogP contribution is 2.26. The molecule has 1 aliphatic carbocycles. The average Bonchev–Trinajstić information content (AvgIpc) is 2.93. The Hall–Kier alpha value is -1.84. The van der Waals surface area contributed by atoms with Gasteiger partial charge in [-0.3, -0.25) is 9.59 Å². The number of fused-ring (bicyclic) bond motifs is 1. The van der Waals surface area contributed by atoms with Crippen LogP contribution in [-0.2, 0) is 22.4 Å². The fourth-order valence-corrected chi connectivity index (χ4v) is 2.88. The maximum atomic E-state index is 12.0.